The summed E-state index contributed by atoms with van der Waals surface area (Å²) in [5.41, 5.74) is 3.35. The summed E-state index contributed by atoms with van der Waals surface area (Å²) in [4.78, 5) is 0. The van der Waals surface area contributed by atoms with Crippen molar-refractivity contribution in [2.75, 3.05) is 5.01 Å². The highest BCUT2D eigenvalue weighted by molar-refractivity contribution is 6.01. The van der Waals surface area contributed by atoms with Crippen LogP contribution in [0, 0.1) is 17.5 Å². The predicted octanol–water partition coefficient (Wildman–Crippen LogP) is 6.12. The molecule has 0 bridgehead atoms. The smallest absolute Gasteiger partial charge is 0.123 e. The Morgan fingerprint density at radius 1 is 0.714 bits per heavy atom. The molecule has 0 radical (unpaired) electrons. The molecule has 2 nitrogen and oxygen atoms in total. The fourth-order valence-corrected chi connectivity index (χ4v) is 3.18. The van der Waals surface area contributed by atoms with Crippen molar-refractivity contribution >= 4 is 17.5 Å². The summed E-state index contributed by atoms with van der Waals surface area (Å²) in [7, 11) is 0. The van der Waals surface area contributed by atoms with Crippen LogP contribution in [0.2, 0.25) is 0 Å². The SMILES string of the molecule is Fc1ccc(/C=C/C2=NN(c3ccc(F)cc3)[C@H](c3ccc(F)cc3)C2)cc1. The van der Waals surface area contributed by atoms with E-state index in [1.807, 2.05) is 17.2 Å². The summed E-state index contributed by atoms with van der Waals surface area (Å²) in [6.45, 7) is 0. The first kappa shape index (κ1) is 18.0. The second kappa shape index (κ2) is 7.72. The molecule has 28 heavy (non-hydrogen) atoms. The average Bonchev–Trinajstić information content (AvgIpc) is 3.13. The van der Waals surface area contributed by atoms with Crippen molar-refractivity contribution in [2.24, 2.45) is 5.10 Å². The third kappa shape index (κ3) is 3.98. The van der Waals surface area contributed by atoms with Crippen LogP contribution in [0.25, 0.3) is 6.08 Å². The van der Waals surface area contributed by atoms with E-state index >= 15 is 0 Å². The van der Waals surface area contributed by atoms with Crippen LogP contribution in [0.3, 0.4) is 0 Å². The second-order valence-corrected chi connectivity index (χ2v) is 6.57. The van der Waals surface area contributed by atoms with Crippen molar-refractivity contribution in [2.45, 2.75) is 12.5 Å². The van der Waals surface area contributed by atoms with Crippen LogP contribution < -0.4 is 5.01 Å². The lowest BCUT2D eigenvalue weighted by molar-refractivity contribution is 0.622. The van der Waals surface area contributed by atoms with Crippen LogP contribution in [0.15, 0.2) is 84.0 Å². The molecule has 3 aromatic rings. The van der Waals surface area contributed by atoms with Crippen molar-refractivity contribution in [1.29, 1.82) is 0 Å². The molecule has 5 heteroatoms. The molecule has 1 heterocycles. The first-order valence-electron chi connectivity index (χ1n) is 8.90. The van der Waals surface area contributed by atoms with Crippen molar-refractivity contribution < 1.29 is 13.2 Å². The molecule has 0 aliphatic carbocycles. The number of nitrogens with zero attached hydrogens (tertiary/aromatic N) is 2. The largest absolute Gasteiger partial charge is 0.257 e. The minimum Gasteiger partial charge on any atom is -0.257 e. The van der Waals surface area contributed by atoms with Gasteiger partial charge in [0, 0.05) is 6.42 Å². The topological polar surface area (TPSA) is 15.6 Å². The first-order valence-corrected chi connectivity index (χ1v) is 8.90. The molecule has 0 unspecified atom stereocenters. The van der Waals surface area contributed by atoms with Gasteiger partial charge in [0.25, 0.3) is 0 Å². The molecule has 1 aliphatic heterocycles. The van der Waals surface area contributed by atoms with Crippen molar-refractivity contribution in [3.63, 3.8) is 0 Å². The van der Waals surface area contributed by atoms with E-state index < -0.39 is 0 Å². The van der Waals surface area contributed by atoms with E-state index in [1.54, 1.807) is 36.4 Å². The minimum atomic E-state index is -0.318. The van der Waals surface area contributed by atoms with Gasteiger partial charge in [-0.25, -0.2) is 13.2 Å². The number of allylic oxidation sites excluding steroid dienone is 1. The van der Waals surface area contributed by atoms with E-state index in [0.29, 0.717) is 6.42 Å². The lowest BCUT2D eigenvalue weighted by Crippen LogP contribution is -2.18. The third-order valence-electron chi connectivity index (χ3n) is 4.62. The van der Waals surface area contributed by atoms with Gasteiger partial charge < -0.3 is 0 Å². The summed E-state index contributed by atoms with van der Waals surface area (Å²) in [5, 5.41) is 6.49. The zero-order valence-electron chi connectivity index (χ0n) is 14.9. The van der Waals surface area contributed by atoms with Crippen LogP contribution in [-0.4, -0.2) is 5.71 Å². The maximum Gasteiger partial charge on any atom is 0.123 e. The van der Waals surface area contributed by atoms with Crippen LogP contribution in [0.1, 0.15) is 23.6 Å². The Morgan fingerprint density at radius 3 is 1.86 bits per heavy atom. The molecule has 0 fully saturated rings. The molecule has 0 spiro atoms. The number of halogens is 3. The normalized spacial score (nSPS) is 16.6. The minimum absolute atomic E-state index is 0.126. The van der Waals surface area contributed by atoms with E-state index in [0.717, 1.165) is 22.5 Å². The van der Waals surface area contributed by atoms with Crippen molar-refractivity contribution in [3.8, 4) is 0 Å². The van der Waals surface area contributed by atoms with Gasteiger partial charge in [-0.15, -0.1) is 0 Å². The van der Waals surface area contributed by atoms with E-state index in [9.17, 15) is 13.2 Å². The highest BCUT2D eigenvalue weighted by Crippen LogP contribution is 2.35. The van der Waals surface area contributed by atoms with Crippen LogP contribution in [0.5, 0.6) is 0 Å². The van der Waals surface area contributed by atoms with E-state index in [1.165, 1.54) is 36.4 Å². The Hall–Kier alpha value is -3.34. The lowest BCUT2D eigenvalue weighted by atomic mass is 10.0. The highest BCUT2D eigenvalue weighted by Gasteiger charge is 2.28. The molecule has 0 amide bonds. The Kier molecular flexibility index (Phi) is 4.98. The summed E-state index contributed by atoms with van der Waals surface area (Å²) in [6.07, 6.45) is 4.36. The van der Waals surface area contributed by atoms with Crippen LogP contribution >= 0.6 is 0 Å². The molecule has 0 saturated heterocycles. The zero-order valence-corrected chi connectivity index (χ0v) is 14.9. The Morgan fingerprint density at radius 2 is 1.25 bits per heavy atom. The number of benzene rings is 3. The molecule has 1 atom stereocenters. The molecular weight excluding hydrogens is 361 g/mol. The Bertz CT molecular complexity index is 1010. The van der Waals surface area contributed by atoms with E-state index in [2.05, 4.69) is 5.10 Å². The number of anilines is 1. The van der Waals surface area contributed by atoms with Gasteiger partial charge >= 0.3 is 0 Å². The third-order valence-corrected chi connectivity index (χ3v) is 4.62. The van der Waals surface area contributed by atoms with Gasteiger partial charge in [-0.2, -0.15) is 5.10 Å². The summed E-state index contributed by atoms with van der Waals surface area (Å²) in [6, 6.07) is 18.5. The second-order valence-electron chi connectivity index (χ2n) is 6.57. The average molecular weight is 378 g/mol. The maximum absolute atomic E-state index is 13.3. The quantitative estimate of drug-likeness (QED) is 0.534. The monoisotopic (exact) mass is 378 g/mol. The molecule has 140 valence electrons. The van der Waals surface area contributed by atoms with Gasteiger partial charge in [0.15, 0.2) is 0 Å². The molecule has 0 aromatic heterocycles. The Balaban J connectivity index is 1.64. The molecular formula is C23H17F3N2. The summed E-state index contributed by atoms with van der Waals surface area (Å²) < 4.78 is 39.7. The van der Waals surface area contributed by atoms with Gasteiger partial charge in [-0.05, 0) is 65.7 Å². The highest BCUT2D eigenvalue weighted by atomic mass is 19.1. The Labute approximate surface area is 161 Å². The van der Waals surface area contributed by atoms with Gasteiger partial charge in [0.05, 0.1) is 17.4 Å². The van der Waals surface area contributed by atoms with Crippen LogP contribution in [0.4, 0.5) is 18.9 Å². The molecule has 0 N–H and O–H groups in total. The number of rotatable bonds is 4. The number of hydrogen-bond donors (Lipinski definition) is 0. The first-order chi connectivity index (χ1) is 13.6. The predicted molar refractivity (Wildman–Crippen MR) is 106 cm³/mol. The lowest BCUT2D eigenvalue weighted by Gasteiger charge is -2.24. The van der Waals surface area contributed by atoms with Gasteiger partial charge in [0.2, 0.25) is 0 Å². The molecule has 3 aromatic carbocycles. The van der Waals surface area contributed by atoms with Gasteiger partial charge in [-0.1, -0.05) is 30.3 Å². The fraction of sp³-hybridized carbons (Fsp3) is 0.0870. The van der Waals surface area contributed by atoms with E-state index in [4.69, 9.17) is 0 Å². The zero-order chi connectivity index (χ0) is 19.5. The molecule has 4 rings (SSSR count). The maximum atomic E-state index is 13.3. The summed E-state index contributed by atoms with van der Waals surface area (Å²) >= 11 is 0. The van der Waals surface area contributed by atoms with Crippen molar-refractivity contribution in [3.05, 3.63) is 107 Å². The van der Waals surface area contributed by atoms with Crippen molar-refractivity contribution in [1.82, 2.24) is 0 Å². The molecule has 0 saturated carbocycles. The van der Waals surface area contributed by atoms with Gasteiger partial charge in [-0.3, -0.25) is 5.01 Å². The van der Waals surface area contributed by atoms with Crippen LogP contribution in [-0.2, 0) is 0 Å². The fourth-order valence-electron chi connectivity index (χ4n) is 3.18. The standard InChI is InChI=1S/C23H17F3N2/c24-18-6-1-16(2-7-18)3-12-21-15-23(17-4-8-19(25)9-5-17)28(27-21)22-13-10-20(26)11-14-22/h1-14,23H,15H2/b12-3+/t23-/m0/s1. The summed E-state index contributed by atoms with van der Waals surface area (Å²) in [5.74, 6) is -0.900. The number of hydrogen-bond acceptors (Lipinski definition) is 2. The van der Waals surface area contributed by atoms with E-state index in [-0.39, 0.29) is 23.5 Å². The molecule has 1 aliphatic rings. The van der Waals surface area contributed by atoms with Gasteiger partial charge in [0.1, 0.15) is 17.5 Å². The number of hydrazone groups is 1.